The van der Waals surface area contributed by atoms with Crippen molar-refractivity contribution in [2.45, 2.75) is 271 Å². The fourth-order valence-electron chi connectivity index (χ4n) is 18.6. The molecule has 0 radical (unpaired) electrons. The molecule has 0 fully saturated rings. The average Bonchev–Trinajstić information content (AvgIpc) is 0.719. The van der Waals surface area contributed by atoms with Gasteiger partial charge in [-0.2, -0.15) is 0 Å². The lowest BCUT2D eigenvalue weighted by atomic mass is 9.71. The molecule has 1 aliphatic carbocycles. The molecule has 0 N–H and O–H groups in total. The first-order chi connectivity index (χ1) is 48.0. The van der Waals surface area contributed by atoms with Crippen LogP contribution in [0.5, 0.6) is 0 Å². The molecule has 1 aliphatic rings. The van der Waals surface area contributed by atoms with Gasteiger partial charge in [0.25, 0.3) is 0 Å². The normalized spacial score (nSPS) is 12.0. The molecule has 0 atom stereocenters. The third-order valence-corrected chi connectivity index (χ3v) is 22.4. The molecular formula is C91H116O8. The van der Waals surface area contributed by atoms with Gasteiger partial charge < -0.3 is 18.9 Å². The highest BCUT2D eigenvalue weighted by Crippen LogP contribution is 2.48. The van der Waals surface area contributed by atoms with Crippen LogP contribution in [0.2, 0.25) is 0 Å². The van der Waals surface area contributed by atoms with E-state index < -0.39 is 23.9 Å². The number of esters is 4. The molecule has 99 heavy (non-hydrogen) atoms. The number of hydrogen-bond acceptors (Lipinski definition) is 8. The second-order valence-electron chi connectivity index (χ2n) is 27.7. The van der Waals surface area contributed by atoms with E-state index >= 15 is 0 Å². The number of fused-ring (bicyclic) bond motifs is 8. The van der Waals surface area contributed by atoms with E-state index in [1.54, 1.807) is 22.3 Å². The maximum absolute atomic E-state index is 13.6. The number of ether oxygens (including phenoxy) is 4. The summed E-state index contributed by atoms with van der Waals surface area (Å²) in [6.45, 7) is 36.2. The van der Waals surface area contributed by atoms with Crippen molar-refractivity contribution < 1.29 is 38.1 Å². The van der Waals surface area contributed by atoms with Gasteiger partial charge in [-0.05, 0) is 328 Å². The Morgan fingerprint density at radius 1 is 0.222 bits per heavy atom. The summed E-state index contributed by atoms with van der Waals surface area (Å²) in [4.78, 5) is 54.3. The first kappa shape index (κ1) is 75.6. The van der Waals surface area contributed by atoms with Crippen LogP contribution in [0.3, 0.4) is 0 Å². The van der Waals surface area contributed by atoms with Crippen LogP contribution in [0.1, 0.15) is 308 Å². The standard InChI is InChI=1S/C46H58O4.C45H58O4/c1-11-19-31-37-23-35-29(17-7)27(15-5)28(16-6)30(18-8)36(35)24-38(37)32(20-12-2)40-26-42-34(22-14-4)44(46(48)50-10)43(45(47)49-9)33(21-13-3)41(42)25-39(31)40;1-11-19-31-37-22-34-28(16-6)26(14-4)27(15-5)29(17-7)35(34)23-38(37)32(20-12-2)40-25-41-33(21-13-3)43(45(47)49-10)42(44(46)48-9)30(18-8)36(41)24-39(31)40/h23-26H,11-22H2,1-10H3;22-23H,11-21,24-25H2,1-10H3. The fraction of sp³-hybridized carbons (Fsp3) is 0.495. The summed E-state index contributed by atoms with van der Waals surface area (Å²) >= 11 is 0. The maximum atomic E-state index is 13.6. The Kier molecular flexibility index (Phi) is 25.4. The van der Waals surface area contributed by atoms with Gasteiger partial charge in [-0.3, -0.25) is 0 Å². The molecule has 0 saturated heterocycles. The van der Waals surface area contributed by atoms with Gasteiger partial charge >= 0.3 is 23.9 Å². The summed E-state index contributed by atoms with van der Waals surface area (Å²) < 4.78 is 21.4. The van der Waals surface area contributed by atoms with Crippen molar-refractivity contribution in [3.63, 3.8) is 0 Å². The van der Waals surface area contributed by atoms with Crippen molar-refractivity contribution in [1.82, 2.24) is 0 Å². The molecule has 0 saturated carbocycles. The van der Waals surface area contributed by atoms with E-state index in [2.05, 4.69) is 147 Å². The molecule has 9 aromatic carbocycles. The van der Waals surface area contributed by atoms with Crippen molar-refractivity contribution in [1.29, 1.82) is 0 Å². The van der Waals surface area contributed by atoms with Crippen LogP contribution >= 0.6 is 0 Å². The van der Waals surface area contributed by atoms with Crippen molar-refractivity contribution in [2.24, 2.45) is 0 Å². The first-order valence-electron chi connectivity index (χ1n) is 38.6. The van der Waals surface area contributed by atoms with Crippen LogP contribution in [0.15, 0.2) is 36.4 Å². The van der Waals surface area contributed by atoms with Gasteiger partial charge in [0, 0.05) is 0 Å². The molecule has 0 amide bonds. The highest BCUT2D eigenvalue weighted by Gasteiger charge is 2.36. The van der Waals surface area contributed by atoms with E-state index in [9.17, 15) is 19.2 Å². The van der Waals surface area contributed by atoms with Crippen molar-refractivity contribution in [2.75, 3.05) is 28.4 Å². The molecule has 0 aromatic heterocycles. The Balaban J connectivity index is 0.000000231. The maximum Gasteiger partial charge on any atom is 0.339 e. The van der Waals surface area contributed by atoms with Gasteiger partial charge in [-0.1, -0.05) is 156 Å². The SMILES string of the molecule is CCCc1c(C(=O)OC)c(C(=O)OC)c(CCC)c2cc3c(CCC)c4cc5c(CC)c(CC)c(CC)c(CC)c5cc4c(CCC)c3cc12.CCCc1c2c(c(CC)c(C(=O)OC)c1C(=O)OC)Cc1c(c(CCC)c3cc4c(CC)c(CC)c(CC)c(CC)c4cc3c1CCC)C2. The zero-order valence-corrected chi connectivity index (χ0v) is 64.4. The largest absolute Gasteiger partial charge is 0.465 e. The number of methoxy groups -OCH3 is 4. The van der Waals surface area contributed by atoms with Gasteiger partial charge in [0.05, 0.1) is 50.7 Å². The number of carbonyl (C=O) groups is 4. The number of benzene rings is 9. The van der Waals surface area contributed by atoms with Crippen molar-refractivity contribution >= 4 is 88.5 Å². The third-order valence-electron chi connectivity index (χ3n) is 22.4. The Morgan fingerprint density at radius 2 is 0.394 bits per heavy atom. The minimum absolute atomic E-state index is 0.368. The van der Waals surface area contributed by atoms with Gasteiger partial charge in [0.2, 0.25) is 0 Å². The Hall–Kier alpha value is -7.58. The first-order valence-corrected chi connectivity index (χ1v) is 38.6. The Bertz CT molecular complexity index is 4460. The average molecular weight is 1340 g/mol. The molecule has 9 aromatic rings. The predicted octanol–water partition coefficient (Wildman–Crippen LogP) is 22.7. The molecule has 8 nitrogen and oxygen atoms in total. The van der Waals surface area contributed by atoms with Crippen molar-refractivity contribution in [3.8, 4) is 0 Å². The van der Waals surface area contributed by atoms with Crippen LogP contribution in [0.4, 0.5) is 0 Å². The predicted molar refractivity (Wildman–Crippen MR) is 418 cm³/mol. The summed E-state index contributed by atoms with van der Waals surface area (Å²) in [5.74, 6) is -1.86. The summed E-state index contributed by atoms with van der Waals surface area (Å²) in [5, 5.41) is 15.9. The summed E-state index contributed by atoms with van der Waals surface area (Å²) in [5.41, 5.74) is 28.5. The van der Waals surface area contributed by atoms with Gasteiger partial charge in [-0.15, -0.1) is 0 Å². The van der Waals surface area contributed by atoms with Crippen molar-refractivity contribution in [3.05, 3.63) is 170 Å². The number of hydrogen-bond donors (Lipinski definition) is 0. The van der Waals surface area contributed by atoms with E-state index in [-0.39, 0.29) is 0 Å². The molecule has 0 spiro atoms. The molecular weight excluding hydrogens is 1220 g/mol. The second-order valence-corrected chi connectivity index (χ2v) is 27.7. The van der Waals surface area contributed by atoms with E-state index in [4.69, 9.17) is 18.9 Å². The number of carbonyl (C=O) groups excluding carboxylic acids is 4. The smallest absolute Gasteiger partial charge is 0.339 e. The molecule has 0 bridgehead atoms. The summed E-state index contributed by atoms with van der Waals surface area (Å²) in [6, 6.07) is 15.0. The number of aryl methyl sites for hydroxylation is 10. The zero-order valence-electron chi connectivity index (χ0n) is 64.4. The van der Waals surface area contributed by atoms with Crippen LogP contribution in [-0.2, 0) is 135 Å². The molecule has 8 heteroatoms. The van der Waals surface area contributed by atoms with Gasteiger partial charge in [-0.25, -0.2) is 19.2 Å². The lowest BCUT2D eigenvalue weighted by Gasteiger charge is -2.33. The molecule has 0 heterocycles. The Labute approximate surface area is 593 Å². The highest BCUT2D eigenvalue weighted by atomic mass is 16.5. The van der Waals surface area contributed by atoms with Crippen LogP contribution in [0, 0.1) is 0 Å². The van der Waals surface area contributed by atoms with E-state index in [1.807, 2.05) is 0 Å². The van der Waals surface area contributed by atoms with E-state index in [0.717, 1.165) is 168 Å². The molecule has 10 rings (SSSR count). The minimum atomic E-state index is -0.476. The van der Waals surface area contributed by atoms with Crippen LogP contribution < -0.4 is 0 Å². The van der Waals surface area contributed by atoms with Gasteiger partial charge in [0.1, 0.15) is 0 Å². The third kappa shape index (κ3) is 13.2. The Morgan fingerprint density at radius 3 is 0.636 bits per heavy atom. The molecule has 0 unspecified atom stereocenters. The zero-order chi connectivity index (χ0) is 71.8. The molecule has 0 aliphatic heterocycles. The van der Waals surface area contributed by atoms with Crippen LogP contribution in [-0.4, -0.2) is 52.3 Å². The monoisotopic (exact) mass is 1340 g/mol. The van der Waals surface area contributed by atoms with E-state index in [1.165, 1.54) is 149 Å². The summed E-state index contributed by atoms with van der Waals surface area (Å²) in [7, 11) is 5.62. The van der Waals surface area contributed by atoms with Crippen LogP contribution in [0.25, 0.3) is 64.6 Å². The second kappa shape index (κ2) is 33.3. The minimum Gasteiger partial charge on any atom is -0.465 e. The lowest BCUT2D eigenvalue weighted by molar-refractivity contribution is 0.0553. The fourth-order valence-corrected chi connectivity index (χ4v) is 18.6. The quantitative estimate of drug-likeness (QED) is 0.0285. The highest BCUT2D eigenvalue weighted by molar-refractivity contribution is 6.18. The number of rotatable bonds is 27. The lowest BCUT2D eigenvalue weighted by Crippen LogP contribution is -2.25. The summed E-state index contributed by atoms with van der Waals surface area (Å²) in [6.07, 6.45) is 23.2. The molecule has 528 valence electrons. The van der Waals surface area contributed by atoms with E-state index in [0.29, 0.717) is 47.9 Å². The topological polar surface area (TPSA) is 105 Å². The van der Waals surface area contributed by atoms with Gasteiger partial charge in [0.15, 0.2) is 0 Å².